The maximum absolute atomic E-state index is 10.6. The predicted molar refractivity (Wildman–Crippen MR) is 68.3 cm³/mol. The SMILES string of the molecule is Cc1cccc(Cn2ncc(CC(=O)O)c2N)c1. The zero-order chi connectivity index (χ0) is 13.1. The standard InChI is InChI=1S/C13H15N3O2/c1-9-3-2-4-10(5-9)8-16-13(14)11(7-15-16)6-12(17)18/h2-5,7H,6,8,14H2,1H3,(H,17,18). The molecular formula is C13H15N3O2. The molecule has 0 spiro atoms. The monoisotopic (exact) mass is 245 g/mol. The van der Waals surface area contributed by atoms with Crippen LogP contribution in [0.2, 0.25) is 0 Å². The number of carbonyl (C=O) groups is 1. The van der Waals surface area contributed by atoms with Crippen LogP contribution in [0.25, 0.3) is 0 Å². The highest BCUT2D eigenvalue weighted by Gasteiger charge is 2.10. The van der Waals surface area contributed by atoms with E-state index < -0.39 is 5.97 Å². The summed E-state index contributed by atoms with van der Waals surface area (Å²) in [6.07, 6.45) is 1.42. The predicted octanol–water partition coefficient (Wildman–Crippen LogP) is 1.45. The van der Waals surface area contributed by atoms with Gasteiger partial charge in [0, 0.05) is 5.56 Å². The average Bonchev–Trinajstić information content (AvgIpc) is 2.61. The number of aryl methyl sites for hydroxylation is 1. The fourth-order valence-corrected chi connectivity index (χ4v) is 1.84. The number of nitrogens with two attached hydrogens (primary N) is 1. The Kier molecular flexibility index (Phi) is 3.32. The summed E-state index contributed by atoms with van der Waals surface area (Å²) in [4.78, 5) is 10.6. The molecular weight excluding hydrogens is 230 g/mol. The molecule has 0 unspecified atom stereocenters. The molecule has 5 heteroatoms. The Bertz CT molecular complexity index is 575. The molecule has 0 aliphatic rings. The molecule has 1 aromatic carbocycles. The number of carboxylic acid groups (broad SMARTS) is 1. The van der Waals surface area contributed by atoms with E-state index in [-0.39, 0.29) is 6.42 Å². The van der Waals surface area contributed by atoms with Gasteiger partial charge in [0.05, 0.1) is 19.2 Å². The van der Waals surface area contributed by atoms with E-state index in [1.54, 1.807) is 4.68 Å². The first-order valence-corrected chi connectivity index (χ1v) is 5.64. The summed E-state index contributed by atoms with van der Waals surface area (Å²) in [7, 11) is 0. The summed E-state index contributed by atoms with van der Waals surface area (Å²) in [5.41, 5.74) is 8.69. The number of nitrogens with zero attached hydrogens (tertiary/aromatic N) is 2. The van der Waals surface area contributed by atoms with Crippen LogP contribution in [0, 0.1) is 6.92 Å². The summed E-state index contributed by atoms with van der Waals surface area (Å²) < 4.78 is 1.62. The second-order valence-corrected chi connectivity index (χ2v) is 4.27. The van der Waals surface area contributed by atoms with Crippen LogP contribution in [0.15, 0.2) is 30.5 Å². The van der Waals surface area contributed by atoms with Crippen molar-refractivity contribution in [1.29, 1.82) is 0 Å². The summed E-state index contributed by atoms with van der Waals surface area (Å²) in [6.45, 7) is 2.57. The van der Waals surface area contributed by atoms with Gasteiger partial charge in [0.1, 0.15) is 5.82 Å². The lowest BCUT2D eigenvalue weighted by Gasteiger charge is -2.06. The minimum atomic E-state index is -0.906. The van der Waals surface area contributed by atoms with Gasteiger partial charge in [-0.2, -0.15) is 5.10 Å². The molecule has 1 heterocycles. The Labute approximate surface area is 105 Å². The van der Waals surface area contributed by atoms with Crippen molar-refractivity contribution in [2.75, 3.05) is 5.73 Å². The van der Waals surface area contributed by atoms with E-state index in [0.717, 1.165) is 5.56 Å². The molecule has 18 heavy (non-hydrogen) atoms. The fraction of sp³-hybridized carbons (Fsp3) is 0.231. The maximum atomic E-state index is 10.6. The van der Waals surface area contributed by atoms with Crippen molar-refractivity contribution < 1.29 is 9.90 Å². The second-order valence-electron chi connectivity index (χ2n) is 4.27. The Morgan fingerprint density at radius 1 is 1.50 bits per heavy atom. The molecule has 94 valence electrons. The number of carboxylic acids is 1. The van der Waals surface area contributed by atoms with E-state index in [0.29, 0.717) is 17.9 Å². The van der Waals surface area contributed by atoms with Crippen LogP contribution in [0.4, 0.5) is 5.82 Å². The average molecular weight is 245 g/mol. The van der Waals surface area contributed by atoms with Crippen molar-refractivity contribution in [1.82, 2.24) is 9.78 Å². The molecule has 0 bridgehead atoms. The highest BCUT2D eigenvalue weighted by atomic mass is 16.4. The number of nitrogen functional groups attached to an aromatic ring is 1. The van der Waals surface area contributed by atoms with Crippen molar-refractivity contribution in [2.45, 2.75) is 19.9 Å². The topological polar surface area (TPSA) is 81.1 Å². The zero-order valence-electron chi connectivity index (χ0n) is 10.1. The van der Waals surface area contributed by atoms with E-state index in [4.69, 9.17) is 10.8 Å². The Morgan fingerprint density at radius 3 is 2.94 bits per heavy atom. The third-order valence-corrected chi connectivity index (χ3v) is 2.72. The molecule has 0 atom stereocenters. The maximum Gasteiger partial charge on any atom is 0.308 e. The van der Waals surface area contributed by atoms with Crippen molar-refractivity contribution in [3.63, 3.8) is 0 Å². The highest BCUT2D eigenvalue weighted by molar-refractivity contribution is 5.72. The lowest BCUT2D eigenvalue weighted by Crippen LogP contribution is -2.08. The molecule has 0 radical (unpaired) electrons. The van der Waals surface area contributed by atoms with Crippen LogP contribution in [-0.4, -0.2) is 20.9 Å². The van der Waals surface area contributed by atoms with Crippen molar-refractivity contribution in [3.05, 3.63) is 47.2 Å². The van der Waals surface area contributed by atoms with Gasteiger partial charge < -0.3 is 10.8 Å². The fourth-order valence-electron chi connectivity index (χ4n) is 1.84. The first-order chi connectivity index (χ1) is 8.56. The van der Waals surface area contributed by atoms with Gasteiger partial charge in [0.15, 0.2) is 0 Å². The van der Waals surface area contributed by atoms with Gasteiger partial charge in [-0.3, -0.25) is 4.79 Å². The quantitative estimate of drug-likeness (QED) is 0.854. The molecule has 0 aliphatic carbocycles. The van der Waals surface area contributed by atoms with Crippen LogP contribution in [0.1, 0.15) is 16.7 Å². The molecule has 3 N–H and O–H groups in total. The van der Waals surface area contributed by atoms with Crippen molar-refractivity contribution in [2.24, 2.45) is 0 Å². The first kappa shape index (κ1) is 12.2. The lowest BCUT2D eigenvalue weighted by molar-refractivity contribution is -0.136. The van der Waals surface area contributed by atoms with Crippen molar-refractivity contribution >= 4 is 11.8 Å². The molecule has 1 aromatic heterocycles. The first-order valence-electron chi connectivity index (χ1n) is 5.64. The molecule has 0 saturated carbocycles. The highest BCUT2D eigenvalue weighted by Crippen LogP contribution is 2.14. The normalized spacial score (nSPS) is 10.5. The molecule has 0 saturated heterocycles. The van der Waals surface area contributed by atoms with Gasteiger partial charge in [-0.15, -0.1) is 0 Å². The zero-order valence-corrected chi connectivity index (χ0v) is 10.1. The van der Waals surface area contributed by atoms with Gasteiger partial charge in [0.25, 0.3) is 0 Å². The second kappa shape index (κ2) is 4.91. The molecule has 0 fully saturated rings. The third-order valence-electron chi connectivity index (χ3n) is 2.72. The van der Waals surface area contributed by atoms with Gasteiger partial charge >= 0.3 is 5.97 Å². The number of aromatic nitrogens is 2. The lowest BCUT2D eigenvalue weighted by atomic mass is 10.1. The van der Waals surface area contributed by atoms with E-state index >= 15 is 0 Å². The third kappa shape index (κ3) is 2.68. The number of anilines is 1. The minimum absolute atomic E-state index is 0.0976. The van der Waals surface area contributed by atoms with Crippen LogP contribution in [-0.2, 0) is 17.8 Å². The molecule has 0 aliphatic heterocycles. The molecule has 2 rings (SSSR count). The van der Waals surface area contributed by atoms with E-state index in [1.807, 2.05) is 25.1 Å². The molecule has 0 amide bonds. The van der Waals surface area contributed by atoms with E-state index in [1.165, 1.54) is 11.8 Å². The minimum Gasteiger partial charge on any atom is -0.481 e. The van der Waals surface area contributed by atoms with E-state index in [2.05, 4.69) is 11.2 Å². The Morgan fingerprint density at radius 2 is 2.28 bits per heavy atom. The van der Waals surface area contributed by atoms with Gasteiger partial charge in [-0.1, -0.05) is 29.8 Å². The number of hydrogen-bond donors (Lipinski definition) is 2. The van der Waals surface area contributed by atoms with Crippen LogP contribution in [0.3, 0.4) is 0 Å². The van der Waals surface area contributed by atoms with Crippen LogP contribution in [0.5, 0.6) is 0 Å². The summed E-state index contributed by atoms with van der Waals surface area (Å²) in [5.74, 6) is -0.490. The Hall–Kier alpha value is -2.30. The van der Waals surface area contributed by atoms with Crippen LogP contribution >= 0.6 is 0 Å². The summed E-state index contributed by atoms with van der Waals surface area (Å²) in [6, 6.07) is 8.04. The molecule has 5 nitrogen and oxygen atoms in total. The van der Waals surface area contributed by atoms with Gasteiger partial charge in [-0.25, -0.2) is 4.68 Å². The number of hydrogen-bond acceptors (Lipinski definition) is 3. The van der Waals surface area contributed by atoms with E-state index in [9.17, 15) is 4.79 Å². The van der Waals surface area contributed by atoms with Gasteiger partial charge in [-0.05, 0) is 12.5 Å². The van der Waals surface area contributed by atoms with Crippen LogP contribution < -0.4 is 5.73 Å². The summed E-state index contributed by atoms with van der Waals surface area (Å²) >= 11 is 0. The largest absolute Gasteiger partial charge is 0.481 e. The number of aliphatic carboxylic acids is 1. The van der Waals surface area contributed by atoms with Crippen molar-refractivity contribution in [3.8, 4) is 0 Å². The Balaban J connectivity index is 2.20. The number of benzene rings is 1. The summed E-state index contributed by atoms with van der Waals surface area (Å²) in [5, 5.41) is 12.9. The van der Waals surface area contributed by atoms with Gasteiger partial charge in [0.2, 0.25) is 0 Å². The smallest absolute Gasteiger partial charge is 0.308 e. The molecule has 2 aromatic rings. The number of rotatable bonds is 4.